The molecule has 1 saturated heterocycles. The lowest BCUT2D eigenvalue weighted by Crippen LogP contribution is -2.37. The molecule has 1 aromatic carbocycles. The molecule has 1 aliphatic heterocycles. The Hall–Kier alpha value is -2.67. The molecule has 0 bridgehead atoms. The number of amides is 1. The van der Waals surface area contributed by atoms with Gasteiger partial charge in [0.05, 0.1) is 6.07 Å². The van der Waals surface area contributed by atoms with Gasteiger partial charge in [0.1, 0.15) is 4.92 Å². The summed E-state index contributed by atoms with van der Waals surface area (Å²) >= 11 is 0. The number of likely N-dealkylation sites (tertiary alicyclic amines) is 1. The van der Waals surface area contributed by atoms with Crippen molar-refractivity contribution in [2.24, 2.45) is 0 Å². The summed E-state index contributed by atoms with van der Waals surface area (Å²) < 4.78 is 4.94. The van der Waals surface area contributed by atoms with Crippen LogP contribution in [0.25, 0.3) is 0 Å². The van der Waals surface area contributed by atoms with Gasteiger partial charge in [-0.1, -0.05) is 30.3 Å². The Balaban J connectivity index is 1.57. The van der Waals surface area contributed by atoms with Gasteiger partial charge < -0.3 is 9.73 Å². The summed E-state index contributed by atoms with van der Waals surface area (Å²) in [5, 5.41) is 13.5. The van der Waals surface area contributed by atoms with Crippen LogP contribution in [0.1, 0.15) is 35.5 Å². The highest BCUT2D eigenvalue weighted by Crippen LogP contribution is 2.24. The van der Waals surface area contributed by atoms with Gasteiger partial charge in [-0.25, -0.2) is 0 Å². The van der Waals surface area contributed by atoms with Crippen LogP contribution in [0.3, 0.4) is 0 Å². The summed E-state index contributed by atoms with van der Waals surface area (Å²) in [6.45, 7) is 3.78. The zero-order chi connectivity index (χ0) is 17.1. The first kappa shape index (κ1) is 16.2. The maximum atomic E-state index is 12.1. The molecular weight excluding hydrogens is 310 g/mol. The minimum atomic E-state index is -0.657. The molecule has 0 saturated carbocycles. The fourth-order valence-corrected chi connectivity index (χ4v) is 3.00. The smallest absolute Gasteiger partial charge is 0.395 e. The Labute approximate surface area is 139 Å². The molecule has 2 heterocycles. The van der Waals surface area contributed by atoms with Crippen LogP contribution in [0.4, 0.5) is 5.88 Å². The number of nitrogens with zero attached hydrogens (tertiary/aromatic N) is 2. The molecule has 1 amide bonds. The van der Waals surface area contributed by atoms with Crippen molar-refractivity contribution in [3.8, 4) is 0 Å². The van der Waals surface area contributed by atoms with E-state index >= 15 is 0 Å². The van der Waals surface area contributed by atoms with Crippen LogP contribution in [0, 0.1) is 10.1 Å². The van der Waals surface area contributed by atoms with E-state index in [0.29, 0.717) is 0 Å². The van der Waals surface area contributed by atoms with E-state index in [0.717, 1.165) is 19.5 Å². The molecular formula is C17H19N3O4. The molecule has 7 nitrogen and oxygen atoms in total. The second-order valence-electron chi connectivity index (χ2n) is 5.94. The molecule has 1 fully saturated rings. The fraction of sp³-hybridized carbons (Fsp3) is 0.353. The van der Waals surface area contributed by atoms with Gasteiger partial charge in [0, 0.05) is 25.2 Å². The van der Waals surface area contributed by atoms with E-state index in [1.165, 1.54) is 17.7 Å². The van der Waals surface area contributed by atoms with Crippen LogP contribution in [0.5, 0.6) is 0 Å². The van der Waals surface area contributed by atoms with Crippen LogP contribution in [0.2, 0.25) is 0 Å². The number of furan rings is 1. The van der Waals surface area contributed by atoms with Gasteiger partial charge in [0.25, 0.3) is 5.91 Å². The predicted octanol–water partition coefficient (Wildman–Crippen LogP) is 2.75. The number of benzene rings is 1. The van der Waals surface area contributed by atoms with E-state index in [-0.39, 0.29) is 17.8 Å². The lowest BCUT2D eigenvalue weighted by molar-refractivity contribution is -0.402. The molecule has 1 aromatic heterocycles. The summed E-state index contributed by atoms with van der Waals surface area (Å²) in [5.74, 6) is -0.871. The highest BCUT2D eigenvalue weighted by Gasteiger charge is 2.29. The second kappa shape index (κ2) is 6.84. The zero-order valence-corrected chi connectivity index (χ0v) is 13.3. The van der Waals surface area contributed by atoms with E-state index in [1.807, 2.05) is 18.2 Å². The Kier molecular flexibility index (Phi) is 4.61. The largest absolute Gasteiger partial charge is 0.433 e. The van der Waals surface area contributed by atoms with Gasteiger partial charge in [-0.05, 0) is 25.0 Å². The van der Waals surface area contributed by atoms with Gasteiger partial charge in [-0.2, -0.15) is 0 Å². The monoisotopic (exact) mass is 329 g/mol. The third-order valence-corrected chi connectivity index (χ3v) is 4.38. The zero-order valence-electron chi connectivity index (χ0n) is 13.3. The average molecular weight is 329 g/mol. The summed E-state index contributed by atoms with van der Waals surface area (Å²) in [4.78, 5) is 24.4. The van der Waals surface area contributed by atoms with Crippen LogP contribution in [-0.2, 0) is 0 Å². The van der Waals surface area contributed by atoms with Crippen molar-refractivity contribution in [1.29, 1.82) is 0 Å². The van der Waals surface area contributed by atoms with Crippen LogP contribution in [0.15, 0.2) is 46.9 Å². The fourth-order valence-electron chi connectivity index (χ4n) is 3.00. The van der Waals surface area contributed by atoms with E-state index in [2.05, 4.69) is 29.3 Å². The third kappa shape index (κ3) is 3.46. The van der Waals surface area contributed by atoms with Gasteiger partial charge in [-0.3, -0.25) is 19.8 Å². The quantitative estimate of drug-likeness (QED) is 0.673. The number of nitro groups is 1. The van der Waals surface area contributed by atoms with Crippen molar-refractivity contribution < 1.29 is 14.1 Å². The molecule has 3 rings (SSSR count). The van der Waals surface area contributed by atoms with Gasteiger partial charge in [-0.15, -0.1) is 0 Å². The minimum Gasteiger partial charge on any atom is -0.395 e. The third-order valence-electron chi connectivity index (χ3n) is 4.38. The normalized spacial score (nSPS) is 19.1. The molecule has 7 heteroatoms. The van der Waals surface area contributed by atoms with E-state index < -0.39 is 16.7 Å². The molecule has 2 atom stereocenters. The van der Waals surface area contributed by atoms with Crippen molar-refractivity contribution in [1.82, 2.24) is 10.2 Å². The number of rotatable bonds is 5. The molecule has 1 N–H and O–H groups in total. The SMILES string of the molecule is C[C@@H](c1ccccc1)N1CC[C@H](NC(=O)c2ccc([N+](=O)[O-])o2)C1. The average Bonchev–Trinajstić information content (AvgIpc) is 3.24. The number of carbonyl (C=O) groups excluding carboxylic acids is 1. The lowest BCUT2D eigenvalue weighted by Gasteiger charge is -2.24. The Morgan fingerprint density at radius 1 is 1.33 bits per heavy atom. The lowest BCUT2D eigenvalue weighted by atomic mass is 10.1. The predicted molar refractivity (Wildman–Crippen MR) is 87.7 cm³/mol. The summed E-state index contributed by atoms with van der Waals surface area (Å²) in [6, 6.07) is 13.0. The van der Waals surface area contributed by atoms with Crippen molar-refractivity contribution in [3.63, 3.8) is 0 Å². The maximum absolute atomic E-state index is 12.1. The van der Waals surface area contributed by atoms with Crippen LogP contribution >= 0.6 is 0 Å². The maximum Gasteiger partial charge on any atom is 0.433 e. The number of nitrogens with one attached hydrogen (secondary N) is 1. The Bertz CT molecular complexity index is 728. The molecule has 24 heavy (non-hydrogen) atoms. The van der Waals surface area contributed by atoms with Crippen LogP contribution in [-0.4, -0.2) is 34.9 Å². The number of hydrogen-bond acceptors (Lipinski definition) is 5. The highest BCUT2D eigenvalue weighted by atomic mass is 16.6. The minimum absolute atomic E-state index is 0.00724. The molecule has 0 radical (unpaired) electrons. The van der Waals surface area contributed by atoms with Gasteiger partial charge in [0.15, 0.2) is 5.76 Å². The molecule has 126 valence electrons. The van der Waals surface area contributed by atoms with Gasteiger partial charge in [0.2, 0.25) is 0 Å². The van der Waals surface area contributed by atoms with Crippen molar-refractivity contribution >= 4 is 11.8 Å². The first-order valence-corrected chi connectivity index (χ1v) is 7.88. The van der Waals surface area contributed by atoms with Crippen molar-refractivity contribution in [3.05, 3.63) is 63.9 Å². The summed E-state index contributed by atoms with van der Waals surface area (Å²) in [5.41, 5.74) is 1.24. The molecule has 1 aliphatic rings. The Morgan fingerprint density at radius 2 is 2.08 bits per heavy atom. The summed E-state index contributed by atoms with van der Waals surface area (Å²) in [7, 11) is 0. The highest BCUT2D eigenvalue weighted by molar-refractivity contribution is 5.91. The second-order valence-corrected chi connectivity index (χ2v) is 5.94. The van der Waals surface area contributed by atoms with E-state index in [1.54, 1.807) is 0 Å². The van der Waals surface area contributed by atoms with Crippen molar-refractivity contribution in [2.75, 3.05) is 13.1 Å². The van der Waals surface area contributed by atoms with Crippen molar-refractivity contribution in [2.45, 2.75) is 25.4 Å². The number of carbonyl (C=O) groups is 1. The standard InChI is InChI=1S/C17H19N3O4/c1-12(13-5-3-2-4-6-13)19-10-9-14(11-19)18-17(21)15-7-8-16(24-15)20(22)23/h2-8,12,14H,9-11H2,1H3,(H,18,21)/t12-,14-/m0/s1. The first-order chi connectivity index (χ1) is 11.5. The first-order valence-electron chi connectivity index (χ1n) is 7.88. The number of hydrogen-bond donors (Lipinski definition) is 1. The molecule has 0 unspecified atom stereocenters. The Morgan fingerprint density at radius 3 is 2.75 bits per heavy atom. The molecule has 2 aromatic rings. The van der Waals surface area contributed by atoms with Gasteiger partial charge >= 0.3 is 5.88 Å². The molecule has 0 spiro atoms. The van der Waals surface area contributed by atoms with Crippen LogP contribution < -0.4 is 5.32 Å². The summed E-state index contributed by atoms with van der Waals surface area (Å²) in [6.07, 6.45) is 0.839. The molecule has 0 aliphatic carbocycles. The van der Waals surface area contributed by atoms with E-state index in [9.17, 15) is 14.9 Å². The topological polar surface area (TPSA) is 88.6 Å². The van der Waals surface area contributed by atoms with E-state index in [4.69, 9.17) is 4.42 Å².